The van der Waals surface area contributed by atoms with Crippen LogP contribution in [0, 0.1) is 12.3 Å². The number of hydrogen-bond donors (Lipinski definition) is 2. The molecule has 0 bridgehead atoms. The number of carbonyl (C=O) groups excluding carboxylic acids is 1. The van der Waals surface area contributed by atoms with Crippen molar-refractivity contribution in [3.05, 3.63) is 18.2 Å². The van der Waals surface area contributed by atoms with Gasteiger partial charge in [-0.3, -0.25) is 4.79 Å². The molecule has 1 saturated heterocycles. The Balaban J connectivity index is 2.35. The van der Waals surface area contributed by atoms with Crippen molar-refractivity contribution in [3.8, 4) is 18.1 Å². The Bertz CT molecular complexity index is 678. The van der Waals surface area contributed by atoms with Crippen molar-refractivity contribution in [1.82, 2.24) is 4.72 Å². The van der Waals surface area contributed by atoms with Gasteiger partial charge in [0.05, 0.1) is 25.0 Å². The number of methoxy groups -OCH3 is 1. The molecule has 20 heavy (non-hydrogen) atoms. The van der Waals surface area contributed by atoms with Crippen molar-refractivity contribution in [2.75, 3.05) is 29.8 Å². The molecule has 1 aromatic rings. The number of terminal acetylenes is 1. The van der Waals surface area contributed by atoms with Crippen LogP contribution in [0.4, 0.5) is 11.4 Å². The summed E-state index contributed by atoms with van der Waals surface area (Å²) in [5, 5.41) is 2.95. The normalized spacial score (nSPS) is 16.4. The molecule has 1 aliphatic heterocycles. The molecule has 0 radical (unpaired) electrons. The van der Waals surface area contributed by atoms with Crippen LogP contribution < -0.4 is 19.1 Å². The summed E-state index contributed by atoms with van der Waals surface area (Å²) in [5.74, 6) is 2.29. The van der Waals surface area contributed by atoms with E-state index >= 15 is 0 Å². The fourth-order valence-electron chi connectivity index (χ4n) is 1.80. The molecule has 1 amide bonds. The molecule has 7 nitrogen and oxygen atoms in total. The van der Waals surface area contributed by atoms with Crippen LogP contribution >= 0.6 is 0 Å². The lowest BCUT2D eigenvalue weighted by atomic mass is 10.2. The zero-order valence-corrected chi connectivity index (χ0v) is 11.5. The lowest BCUT2D eigenvalue weighted by Crippen LogP contribution is -2.29. The number of benzene rings is 1. The number of rotatable bonds is 4. The highest BCUT2D eigenvalue weighted by Gasteiger charge is 2.34. The first kappa shape index (κ1) is 14.0. The highest BCUT2D eigenvalue weighted by Crippen LogP contribution is 2.31. The molecular formula is C12H13N3O4S. The molecule has 0 aromatic heterocycles. The van der Waals surface area contributed by atoms with Gasteiger partial charge in [-0.15, -0.1) is 6.42 Å². The Kier molecular flexibility index (Phi) is 3.72. The van der Waals surface area contributed by atoms with E-state index in [1.807, 2.05) is 4.72 Å². The number of ether oxygens (including phenoxy) is 1. The molecule has 1 aliphatic rings. The van der Waals surface area contributed by atoms with Gasteiger partial charge in [0.25, 0.3) is 5.91 Å². The smallest absolute Gasteiger partial charge is 0.326 e. The molecule has 1 aromatic carbocycles. The molecule has 106 valence electrons. The van der Waals surface area contributed by atoms with Gasteiger partial charge in [0.1, 0.15) is 12.3 Å². The van der Waals surface area contributed by atoms with Crippen molar-refractivity contribution >= 4 is 27.5 Å². The third-order valence-corrected chi connectivity index (χ3v) is 4.08. The Morgan fingerprint density at radius 2 is 2.30 bits per heavy atom. The molecule has 0 atom stereocenters. The summed E-state index contributed by atoms with van der Waals surface area (Å²) in [7, 11) is -2.36. The molecule has 0 saturated carbocycles. The van der Waals surface area contributed by atoms with Gasteiger partial charge in [-0.05, 0) is 12.1 Å². The van der Waals surface area contributed by atoms with Crippen LogP contribution in [0.5, 0.6) is 5.75 Å². The van der Waals surface area contributed by atoms with Crippen LogP contribution in [0.2, 0.25) is 0 Å². The molecular weight excluding hydrogens is 282 g/mol. The van der Waals surface area contributed by atoms with E-state index in [1.54, 1.807) is 12.1 Å². The van der Waals surface area contributed by atoms with Crippen molar-refractivity contribution < 1.29 is 17.9 Å². The highest BCUT2D eigenvalue weighted by atomic mass is 32.2. The lowest BCUT2D eigenvalue weighted by Gasteiger charge is -2.17. The quantitative estimate of drug-likeness (QED) is 0.759. The maximum atomic E-state index is 11.7. The number of nitrogens with zero attached hydrogens (tertiary/aromatic N) is 1. The van der Waals surface area contributed by atoms with E-state index in [1.165, 1.54) is 13.2 Å². The molecule has 1 heterocycles. The van der Waals surface area contributed by atoms with Crippen LogP contribution in [0.25, 0.3) is 0 Å². The van der Waals surface area contributed by atoms with Crippen LogP contribution in [-0.4, -0.2) is 34.5 Å². The fourth-order valence-corrected chi connectivity index (χ4v) is 2.94. The summed E-state index contributed by atoms with van der Waals surface area (Å²) < 4.78 is 31.5. The van der Waals surface area contributed by atoms with E-state index in [0.717, 1.165) is 4.31 Å². The van der Waals surface area contributed by atoms with E-state index in [9.17, 15) is 13.2 Å². The van der Waals surface area contributed by atoms with E-state index in [2.05, 4.69) is 11.2 Å². The van der Waals surface area contributed by atoms with E-state index in [0.29, 0.717) is 23.7 Å². The number of carbonyl (C=O) groups is 1. The molecule has 0 aliphatic carbocycles. The Labute approximate surface area is 117 Å². The monoisotopic (exact) mass is 295 g/mol. The standard InChI is InChI=1S/C12H13N3O4S/c1-3-6-13-10-5-4-9(7-11(10)19-2)15-8-12(16)14-20(15,17)18/h1,4-5,7,13H,6,8H2,2H3,(H,14,16). The second-order valence-electron chi connectivity index (χ2n) is 3.98. The second-order valence-corrected chi connectivity index (χ2v) is 5.57. The predicted molar refractivity (Wildman–Crippen MR) is 74.7 cm³/mol. The number of anilines is 2. The summed E-state index contributed by atoms with van der Waals surface area (Å²) in [4.78, 5) is 11.2. The SMILES string of the molecule is C#CCNc1ccc(N2CC(=O)NS2(=O)=O)cc1OC. The largest absolute Gasteiger partial charge is 0.495 e. The van der Waals surface area contributed by atoms with Gasteiger partial charge in [-0.1, -0.05) is 5.92 Å². The molecule has 8 heteroatoms. The number of nitrogens with one attached hydrogen (secondary N) is 2. The average Bonchev–Trinajstić information content (AvgIpc) is 2.69. The lowest BCUT2D eigenvalue weighted by molar-refractivity contribution is -0.117. The first-order chi connectivity index (χ1) is 9.47. The van der Waals surface area contributed by atoms with E-state index in [-0.39, 0.29) is 6.54 Å². The van der Waals surface area contributed by atoms with Crippen LogP contribution in [-0.2, 0) is 15.0 Å². The topological polar surface area (TPSA) is 87.7 Å². The zero-order valence-electron chi connectivity index (χ0n) is 10.7. The van der Waals surface area contributed by atoms with Crippen molar-refractivity contribution in [1.29, 1.82) is 0 Å². The minimum Gasteiger partial charge on any atom is -0.495 e. The average molecular weight is 295 g/mol. The summed E-state index contributed by atoms with van der Waals surface area (Å²) in [6, 6.07) is 4.74. The molecule has 0 spiro atoms. The number of hydrogen-bond acceptors (Lipinski definition) is 5. The van der Waals surface area contributed by atoms with Crippen molar-refractivity contribution in [2.45, 2.75) is 0 Å². The summed E-state index contributed by atoms with van der Waals surface area (Å²) in [6.07, 6.45) is 5.16. The van der Waals surface area contributed by atoms with Gasteiger partial charge in [-0.2, -0.15) is 8.42 Å². The first-order valence-corrected chi connectivity index (χ1v) is 7.10. The van der Waals surface area contributed by atoms with Gasteiger partial charge < -0.3 is 10.1 Å². The fraction of sp³-hybridized carbons (Fsp3) is 0.250. The van der Waals surface area contributed by atoms with Crippen LogP contribution in [0.3, 0.4) is 0 Å². The van der Waals surface area contributed by atoms with Gasteiger partial charge in [0, 0.05) is 6.07 Å². The Morgan fingerprint density at radius 3 is 2.85 bits per heavy atom. The minimum atomic E-state index is -3.82. The van der Waals surface area contributed by atoms with Gasteiger partial charge in [0.15, 0.2) is 0 Å². The maximum Gasteiger partial charge on any atom is 0.326 e. The van der Waals surface area contributed by atoms with Crippen molar-refractivity contribution in [2.24, 2.45) is 0 Å². The van der Waals surface area contributed by atoms with Crippen LogP contribution in [0.1, 0.15) is 0 Å². The summed E-state index contributed by atoms with van der Waals surface area (Å²) in [5.41, 5.74) is 0.983. The molecule has 2 N–H and O–H groups in total. The van der Waals surface area contributed by atoms with Crippen molar-refractivity contribution in [3.63, 3.8) is 0 Å². The highest BCUT2D eigenvalue weighted by molar-refractivity contribution is 7.92. The van der Waals surface area contributed by atoms with Gasteiger partial charge >= 0.3 is 10.2 Å². The minimum absolute atomic E-state index is 0.247. The van der Waals surface area contributed by atoms with E-state index < -0.39 is 16.1 Å². The summed E-state index contributed by atoms with van der Waals surface area (Å²) in [6.45, 7) is 0.0698. The predicted octanol–water partition coefficient (Wildman–Crippen LogP) is -0.0787. The van der Waals surface area contributed by atoms with Gasteiger partial charge in [0.2, 0.25) is 0 Å². The molecule has 2 rings (SSSR count). The third kappa shape index (κ3) is 2.62. The molecule has 1 fully saturated rings. The second kappa shape index (κ2) is 5.30. The number of amides is 1. The first-order valence-electron chi connectivity index (χ1n) is 5.66. The van der Waals surface area contributed by atoms with E-state index in [4.69, 9.17) is 11.2 Å². The Morgan fingerprint density at radius 1 is 1.55 bits per heavy atom. The zero-order chi connectivity index (χ0) is 14.8. The molecule has 0 unspecified atom stereocenters. The third-order valence-electron chi connectivity index (χ3n) is 2.67. The Hall–Kier alpha value is -2.40. The van der Waals surface area contributed by atoms with Gasteiger partial charge in [-0.25, -0.2) is 9.03 Å². The summed E-state index contributed by atoms with van der Waals surface area (Å²) >= 11 is 0. The van der Waals surface area contributed by atoms with Crippen LogP contribution in [0.15, 0.2) is 18.2 Å². The maximum absolute atomic E-state index is 11.7.